The van der Waals surface area contributed by atoms with Gasteiger partial charge in [-0.2, -0.15) is 0 Å². The second-order valence-electron chi connectivity index (χ2n) is 4.19. The van der Waals surface area contributed by atoms with Crippen molar-refractivity contribution in [2.24, 2.45) is 0 Å². The van der Waals surface area contributed by atoms with Crippen LogP contribution in [0.2, 0.25) is 0 Å². The van der Waals surface area contributed by atoms with Gasteiger partial charge in [0.15, 0.2) is 0 Å². The molecule has 0 bridgehead atoms. The Morgan fingerprint density at radius 2 is 1.70 bits per heavy atom. The normalized spacial score (nSPS) is 10.1. The Labute approximate surface area is 116 Å². The number of ether oxygens (including phenoxy) is 1. The zero-order valence-electron chi connectivity index (χ0n) is 10.9. The van der Waals surface area contributed by atoms with Gasteiger partial charge in [0.25, 0.3) is 5.69 Å². The van der Waals surface area contributed by atoms with Gasteiger partial charge < -0.3 is 4.74 Å². The van der Waals surface area contributed by atoms with Crippen molar-refractivity contribution < 1.29 is 14.5 Å². The van der Waals surface area contributed by atoms with Gasteiger partial charge in [-0.25, -0.2) is 4.79 Å². The van der Waals surface area contributed by atoms with Gasteiger partial charge in [0.1, 0.15) is 5.75 Å². The van der Waals surface area contributed by atoms with Crippen LogP contribution >= 0.6 is 0 Å². The lowest BCUT2D eigenvalue weighted by atomic mass is 10.2. The van der Waals surface area contributed by atoms with Gasteiger partial charge in [-0.3, -0.25) is 10.1 Å². The Bertz CT molecular complexity index is 617. The first kappa shape index (κ1) is 13.7. The molecule has 0 heterocycles. The summed E-state index contributed by atoms with van der Waals surface area (Å²) in [6.45, 7) is 2.04. The standard InChI is InChI=1S/C15H13NO4/c1-2-11-3-9-14(10-4-11)20-15(17)12-5-7-13(8-6-12)16(18)19/h3-10H,2H2,1H3. The van der Waals surface area contributed by atoms with Crippen molar-refractivity contribution in [3.8, 4) is 5.75 Å². The molecule has 5 heteroatoms. The molecule has 0 unspecified atom stereocenters. The molecular weight excluding hydrogens is 258 g/mol. The van der Waals surface area contributed by atoms with E-state index in [4.69, 9.17) is 4.74 Å². The monoisotopic (exact) mass is 271 g/mol. The summed E-state index contributed by atoms with van der Waals surface area (Å²) < 4.78 is 5.19. The lowest BCUT2D eigenvalue weighted by molar-refractivity contribution is -0.384. The molecule has 0 radical (unpaired) electrons. The molecule has 0 saturated carbocycles. The highest BCUT2D eigenvalue weighted by Gasteiger charge is 2.11. The maximum Gasteiger partial charge on any atom is 0.343 e. The Morgan fingerprint density at radius 1 is 1.10 bits per heavy atom. The van der Waals surface area contributed by atoms with E-state index in [1.165, 1.54) is 24.3 Å². The summed E-state index contributed by atoms with van der Waals surface area (Å²) in [5, 5.41) is 10.5. The lowest BCUT2D eigenvalue weighted by Crippen LogP contribution is -2.08. The van der Waals surface area contributed by atoms with Crippen LogP contribution in [0.15, 0.2) is 48.5 Å². The molecule has 0 saturated heterocycles. The predicted octanol–water partition coefficient (Wildman–Crippen LogP) is 3.38. The van der Waals surface area contributed by atoms with Gasteiger partial charge >= 0.3 is 5.97 Å². The van der Waals surface area contributed by atoms with E-state index in [-0.39, 0.29) is 11.3 Å². The third kappa shape index (κ3) is 3.20. The van der Waals surface area contributed by atoms with E-state index in [9.17, 15) is 14.9 Å². The van der Waals surface area contributed by atoms with Crippen LogP contribution in [-0.4, -0.2) is 10.9 Å². The molecule has 0 aliphatic carbocycles. The molecule has 0 aliphatic heterocycles. The van der Waals surface area contributed by atoms with Gasteiger partial charge in [-0.1, -0.05) is 19.1 Å². The molecule has 0 atom stereocenters. The van der Waals surface area contributed by atoms with Crippen LogP contribution in [0.3, 0.4) is 0 Å². The number of carbonyl (C=O) groups is 1. The molecule has 0 aromatic heterocycles. The Balaban J connectivity index is 2.08. The number of rotatable bonds is 4. The zero-order valence-corrected chi connectivity index (χ0v) is 10.9. The number of carbonyl (C=O) groups excluding carboxylic acids is 1. The second-order valence-corrected chi connectivity index (χ2v) is 4.19. The van der Waals surface area contributed by atoms with E-state index in [0.717, 1.165) is 12.0 Å². The number of hydrogen-bond donors (Lipinski definition) is 0. The number of nitro benzene ring substituents is 1. The summed E-state index contributed by atoms with van der Waals surface area (Å²) in [6.07, 6.45) is 0.913. The van der Waals surface area contributed by atoms with Crippen molar-refractivity contribution in [2.45, 2.75) is 13.3 Å². The largest absolute Gasteiger partial charge is 0.423 e. The highest BCUT2D eigenvalue weighted by atomic mass is 16.6. The maximum absolute atomic E-state index is 11.9. The fraction of sp³-hybridized carbons (Fsp3) is 0.133. The van der Waals surface area contributed by atoms with Crippen LogP contribution in [-0.2, 0) is 6.42 Å². The maximum atomic E-state index is 11.9. The summed E-state index contributed by atoms with van der Waals surface area (Å²) >= 11 is 0. The van der Waals surface area contributed by atoms with Crippen LogP contribution in [0.1, 0.15) is 22.8 Å². The minimum Gasteiger partial charge on any atom is -0.423 e. The molecule has 0 amide bonds. The van der Waals surface area contributed by atoms with Crippen molar-refractivity contribution >= 4 is 11.7 Å². The lowest BCUT2D eigenvalue weighted by Gasteiger charge is -2.05. The minimum atomic E-state index is -0.538. The Kier molecular flexibility index (Phi) is 4.10. The molecule has 2 aromatic rings. The number of nitrogens with zero attached hydrogens (tertiary/aromatic N) is 1. The first-order chi connectivity index (χ1) is 9.60. The number of nitro groups is 1. The van der Waals surface area contributed by atoms with Crippen LogP contribution in [0, 0.1) is 10.1 Å². The summed E-state index contributed by atoms with van der Waals surface area (Å²) in [4.78, 5) is 21.9. The predicted molar refractivity (Wildman–Crippen MR) is 73.9 cm³/mol. The molecule has 2 aromatic carbocycles. The van der Waals surface area contributed by atoms with Crippen molar-refractivity contribution in [1.29, 1.82) is 0 Å². The first-order valence-electron chi connectivity index (χ1n) is 6.15. The third-order valence-electron chi connectivity index (χ3n) is 2.86. The number of benzene rings is 2. The van der Waals surface area contributed by atoms with Crippen LogP contribution < -0.4 is 4.74 Å². The Morgan fingerprint density at radius 3 is 2.20 bits per heavy atom. The molecule has 5 nitrogen and oxygen atoms in total. The van der Waals surface area contributed by atoms with Crippen molar-refractivity contribution in [2.75, 3.05) is 0 Å². The molecule has 0 fully saturated rings. The zero-order chi connectivity index (χ0) is 14.5. The number of aryl methyl sites for hydroxylation is 1. The molecule has 0 spiro atoms. The van der Waals surface area contributed by atoms with E-state index in [0.29, 0.717) is 5.75 Å². The summed E-state index contributed by atoms with van der Waals surface area (Å²) in [5.41, 5.74) is 1.36. The van der Waals surface area contributed by atoms with Crippen LogP contribution in [0.5, 0.6) is 5.75 Å². The summed E-state index contributed by atoms with van der Waals surface area (Å²) in [7, 11) is 0. The highest BCUT2D eigenvalue weighted by molar-refractivity contribution is 5.91. The van der Waals surface area contributed by atoms with Gasteiger partial charge in [0, 0.05) is 12.1 Å². The molecule has 0 N–H and O–H groups in total. The fourth-order valence-corrected chi connectivity index (χ4v) is 1.68. The average Bonchev–Trinajstić information content (AvgIpc) is 2.48. The molecule has 20 heavy (non-hydrogen) atoms. The number of hydrogen-bond acceptors (Lipinski definition) is 4. The average molecular weight is 271 g/mol. The summed E-state index contributed by atoms with van der Waals surface area (Å²) in [6, 6.07) is 12.5. The van der Waals surface area contributed by atoms with Crippen LogP contribution in [0.25, 0.3) is 0 Å². The van der Waals surface area contributed by atoms with Crippen molar-refractivity contribution in [1.82, 2.24) is 0 Å². The molecule has 0 aliphatic rings. The minimum absolute atomic E-state index is 0.0613. The van der Waals surface area contributed by atoms with Crippen molar-refractivity contribution in [3.05, 3.63) is 69.8 Å². The van der Waals surface area contributed by atoms with E-state index in [2.05, 4.69) is 0 Å². The fourth-order valence-electron chi connectivity index (χ4n) is 1.68. The van der Waals surface area contributed by atoms with Gasteiger partial charge in [-0.05, 0) is 36.2 Å². The third-order valence-corrected chi connectivity index (χ3v) is 2.86. The smallest absolute Gasteiger partial charge is 0.343 e. The highest BCUT2D eigenvalue weighted by Crippen LogP contribution is 2.16. The van der Waals surface area contributed by atoms with E-state index in [1.807, 2.05) is 19.1 Å². The molecular formula is C15H13NO4. The SMILES string of the molecule is CCc1ccc(OC(=O)c2ccc([N+](=O)[O-])cc2)cc1. The topological polar surface area (TPSA) is 69.4 Å². The van der Waals surface area contributed by atoms with Crippen LogP contribution in [0.4, 0.5) is 5.69 Å². The first-order valence-corrected chi connectivity index (χ1v) is 6.15. The quantitative estimate of drug-likeness (QED) is 0.370. The van der Waals surface area contributed by atoms with Crippen molar-refractivity contribution in [3.63, 3.8) is 0 Å². The molecule has 102 valence electrons. The molecule has 2 rings (SSSR count). The van der Waals surface area contributed by atoms with Gasteiger partial charge in [0.05, 0.1) is 10.5 Å². The van der Waals surface area contributed by atoms with E-state index < -0.39 is 10.9 Å². The second kappa shape index (κ2) is 5.97. The summed E-state index contributed by atoms with van der Waals surface area (Å²) in [5.74, 6) is -0.0882. The number of non-ortho nitro benzene ring substituents is 1. The van der Waals surface area contributed by atoms with E-state index in [1.54, 1.807) is 12.1 Å². The number of esters is 1. The Hall–Kier alpha value is -2.69. The van der Waals surface area contributed by atoms with Gasteiger partial charge in [0.2, 0.25) is 0 Å². The van der Waals surface area contributed by atoms with E-state index >= 15 is 0 Å². The van der Waals surface area contributed by atoms with Gasteiger partial charge in [-0.15, -0.1) is 0 Å².